The molecule has 9 heteroatoms. The van der Waals surface area contributed by atoms with Gasteiger partial charge in [0.05, 0.1) is 27.6 Å². The predicted octanol–water partition coefficient (Wildman–Crippen LogP) is 3.89. The molecule has 0 unspecified atom stereocenters. The monoisotopic (exact) mass is 512 g/mol. The number of amides is 3. The van der Waals surface area contributed by atoms with E-state index in [4.69, 9.17) is 27.9 Å². The first-order chi connectivity index (χ1) is 16.8. The zero-order valence-corrected chi connectivity index (χ0v) is 20.0. The van der Waals surface area contributed by atoms with Crippen LogP contribution < -0.4 is 5.32 Å². The third-order valence-corrected chi connectivity index (χ3v) is 7.75. The maximum Gasteiger partial charge on any atom is 0.330 e. The molecule has 35 heavy (non-hydrogen) atoms. The first-order valence-electron chi connectivity index (χ1n) is 11.3. The van der Waals surface area contributed by atoms with Crippen LogP contribution in [0.15, 0.2) is 60.7 Å². The molecule has 0 radical (unpaired) electrons. The molecule has 1 aliphatic heterocycles. The zero-order valence-electron chi connectivity index (χ0n) is 18.5. The van der Waals surface area contributed by atoms with Crippen molar-refractivity contribution in [2.24, 2.45) is 23.7 Å². The Hall–Kier alpha value is -3.16. The maximum atomic E-state index is 13.3. The summed E-state index contributed by atoms with van der Waals surface area (Å²) in [5, 5.41) is 2.98. The maximum absolute atomic E-state index is 13.3. The highest BCUT2D eigenvalue weighted by Gasteiger charge is 2.61. The molecule has 2 fully saturated rings. The van der Waals surface area contributed by atoms with Crippen molar-refractivity contribution in [1.29, 1.82) is 0 Å². The summed E-state index contributed by atoms with van der Waals surface area (Å²) in [5.41, 5.74) is 1.05. The second-order valence-corrected chi connectivity index (χ2v) is 9.79. The lowest BCUT2D eigenvalue weighted by molar-refractivity contribution is -0.160. The molecule has 5 rings (SSSR count). The van der Waals surface area contributed by atoms with Gasteiger partial charge in [-0.05, 0) is 36.0 Å². The molecule has 0 spiro atoms. The van der Waals surface area contributed by atoms with Crippen LogP contribution in [-0.2, 0) is 30.3 Å². The number of halogens is 2. The van der Waals surface area contributed by atoms with Gasteiger partial charge in [-0.25, -0.2) is 4.79 Å². The van der Waals surface area contributed by atoms with Gasteiger partial charge in [-0.2, -0.15) is 0 Å². The molecule has 0 aromatic heterocycles. The molecule has 5 atom stereocenters. The van der Waals surface area contributed by atoms with Gasteiger partial charge < -0.3 is 10.1 Å². The smallest absolute Gasteiger partial charge is 0.330 e. The lowest BCUT2D eigenvalue weighted by Crippen LogP contribution is -2.48. The van der Waals surface area contributed by atoms with Crippen molar-refractivity contribution in [2.45, 2.75) is 18.9 Å². The number of anilines is 1. The number of nitrogens with zero attached hydrogens (tertiary/aromatic N) is 1. The quantitative estimate of drug-likeness (QED) is 0.345. The number of benzene rings is 2. The van der Waals surface area contributed by atoms with E-state index >= 15 is 0 Å². The minimum Gasteiger partial charge on any atom is -0.454 e. The average Bonchev–Trinajstić information content (AvgIpc) is 3.53. The van der Waals surface area contributed by atoms with E-state index < -0.39 is 36.4 Å². The van der Waals surface area contributed by atoms with Crippen molar-refractivity contribution >= 4 is 52.6 Å². The third-order valence-electron chi connectivity index (χ3n) is 6.93. The van der Waals surface area contributed by atoms with Crippen molar-refractivity contribution in [2.75, 3.05) is 11.9 Å². The number of rotatable bonds is 7. The summed E-state index contributed by atoms with van der Waals surface area (Å²) in [6.45, 7) is -0.608. The molecule has 2 bridgehead atoms. The second-order valence-electron chi connectivity index (χ2n) is 9.01. The van der Waals surface area contributed by atoms with Gasteiger partial charge in [0.1, 0.15) is 6.04 Å². The van der Waals surface area contributed by atoms with Gasteiger partial charge in [-0.3, -0.25) is 19.3 Å². The van der Waals surface area contributed by atoms with Crippen LogP contribution in [0.1, 0.15) is 12.0 Å². The van der Waals surface area contributed by atoms with Gasteiger partial charge in [0, 0.05) is 6.42 Å². The number of fused-ring (bicyclic) bond motifs is 5. The number of likely N-dealkylation sites (tertiary alicyclic amines) is 1. The highest BCUT2D eigenvalue weighted by molar-refractivity contribution is 6.44. The summed E-state index contributed by atoms with van der Waals surface area (Å²) in [6, 6.07) is 12.7. The zero-order chi connectivity index (χ0) is 24.7. The Morgan fingerprint density at radius 1 is 0.971 bits per heavy atom. The first-order valence-corrected chi connectivity index (χ1v) is 12.1. The van der Waals surface area contributed by atoms with E-state index in [1.54, 1.807) is 18.2 Å². The molecule has 2 aromatic rings. The largest absolute Gasteiger partial charge is 0.454 e. The van der Waals surface area contributed by atoms with E-state index in [-0.39, 0.29) is 45.8 Å². The minimum atomic E-state index is -1.16. The number of carbonyl (C=O) groups excluding carboxylic acids is 4. The average molecular weight is 513 g/mol. The Bertz CT molecular complexity index is 1200. The standard InChI is InChI=1S/C26H22Cl2N2O5/c27-17-7-4-8-18(23(17)28)29-20(31)13-35-26(34)19(11-14-5-2-1-3-6-14)30-24(32)21-15-9-10-16(12-15)22(21)25(30)33/h1-10,15-16,19,21-22H,11-13H2,(H,29,31)/t15-,16-,19-,21-,22+/m0/s1. The molecule has 3 aliphatic rings. The predicted molar refractivity (Wildman–Crippen MR) is 130 cm³/mol. The van der Waals surface area contributed by atoms with E-state index in [9.17, 15) is 19.2 Å². The van der Waals surface area contributed by atoms with Gasteiger partial charge in [0.25, 0.3) is 5.91 Å². The van der Waals surface area contributed by atoms with Crippen molar-refractivity contribution in [3.8, 4) is 0 Å². The van der Waals surface area contributed by atoms with Crippen molar-refractivity contribution in [1.82, 2.24) is 4.90 Å². The van der Waals surface area contributed by atoms with Crippen LogP contribution in [0.5, 0.6) is 0 Å². The topological polar surface area (TPSA) is 92.8 Å². The molecule has 1 saturated heterocycles. The molecular weight excluding hydrogens is 491 g/mol. The van der Waals surface area contributed by atoms with Gasteiger partial charge in [-0.1, -0.05) is 71.8 Å². The Labute approximate surface area is 212 Å². The Morgan fingerprint density at radius 3 is 2.29 bits per heavy atom. The van der Waals surface area contributed by atoms with Crippen molar-refractivity contribution in [3.05, 3.63) is 76.3 Å². The summed E-state index contributed by atoms with van der Waals surface area (Å²) in [5.74, 6) is -2.95. The van der Waals surface area contributed by atoms with Crippen LogP contribution in [0.2, 0.25) is 10.0 Å². The Balaban J connectivity index is 1.32. The fourth-order valence-electron chi connectivity index (χ4n) is 5.37. The first kappa shape index (κ1) is 23.6. The van der Waals surface area contributed by atoms with Gasteiger partial charge in [-0.15, -0.1) is 0 Å². The fraction of sp³-hybridized carbons (Fsp3) is 0.308. The van der Waals surface area contributed by atoms with E-state index in [0.29, 0.717) is 0 Å². The lowest BCUT2D eigenvalue weighted by Gasteiger charge is -2.26. The Kier molecular flexibility index (Phi) is 6.38. The van der Waals surface area contributed by atoms with Crippen molar-refractivity contribution in [3.63, 3.8) is 0 Å². The number of allylic oxidation sites excluding steroid dienone is 2. The molecule has 1 N–H and O–H groups in total. The van der Waals surface area contributed by atoms with Gasteiger partial charge in [0.2, 0.25) is 11.8 Å². The van der Waals surface area contributed by atoms with Crippen LogP contribution >= 0.6 is 23.2 Å². The van der Waals surface area contributed by atoms with Crippen LogP contribution in [0, 0.1) is 23.7 Å². The number of hydrogen-bond acceptors (Lipinski definition) is 5. The summed E-state index contributed by atoms with van der Waals surface area (Å²) < 4.78 is 5.29. The van der Waals surface area contributed by atoms with Gasteiger partial charge in [0.15, 0.2) is 6.61 Å². The number of ether oxygens (including phenoxy) is 1. The molecule has 2 aromatic carbocycles. The SMILES string of the molecule is O=C(COC(=O)[C@H](Cc1ccccc1)N1C(=O)[C@@H]2[C@H](C1=O)[C@H]1C=C[C@H]2C1)Nc1cccc(Cl)c1Cl. The molecular formula is C26H22Cl2N2O5. The van der Waals surface area contributed by atoms with E-state index in [1.807, 2.05) is 42.5 Å². The summed E-state index contributed by atoms with van der Waals surface area (Å²) in [4.78, 5) is 53.3. The molecule has 3 amide bonds. The molecule has 1 saturated carbocycles. The second kappa shape index (κ2) is 9.47. The Morgan fingerprint density at radius 2 is 1.63 bits per heavy atom. The van der Waals surface area contributed by atoms with Crippen LogP contribution in [0.3, 0.4) is 0 Å². The number of carbonyl (C=O) groups is 4. The summed E-state index contributed by atoms with van der Waals surface area (Å²) in [6.07, 6.45) is 4.88. The van der Waals surface area contributed by atoms with E-state index in [0.717, 1.165) is 16.9 Å². The minimum absolute atomic E-state index is 0.0214. The summed E-state index contributed by atoms with van der Waals surface area (Å²) in [7, 11) is 0. The number of nitrogens with one attached hydrogen (secondary N) is 1. The van der Waals surface area contributed by atoms with Crippen LogP contribution in [-0.4, -0.2) is 41.2 Å². The number of hydrogen-bond donors (Lipinski definition) is 1. The third kappa shape index (κ3) is 4.34. The fourth-order valence-corrected chi connectivity index (χ4v) is 5.72. The van der Waals surface area contributed by atoms with Crippen LogP contribution in [0.25, 0.3) is 0 Å². The van der Waals surface area contributed by atoms with Crippen molar-refractivity contribution < 1.29 is 23.9 Å². The highest BCUT2D eigenvalue weighted by atomic mass is 35.5. The molecule has 180 valence electrons. The van der Waals surface area contributed by atoms with Gasteiger partial charge >= 0.3 is 5.97 Å². The lowest BCUT2D eigenvalue weighted by atomic mass is 9.85. The molecule has 2 aliphatic carbocycles. The van der Waals surface area contributed by atoms with E-state index in [1.165, 1.54) is 0 Å². The van der Waals surface area contributed by atoms with Crippen LogP contribution in [0.4, 0.5) is 5.69 Å². The van der Waals surface area contributed by atoms with E-state index in [2.05, 4.69) is 5.32 Å². The number of imide groups is 1. The molecule has 7 nitrogen and oxygen atoms in total. The number of esters is 1. The normalized spacial score (nSPS) is 25.0. The highest BCUT2D eigenvalue weighted by Crippen LogP contribution is 2.53. The summed E-state index contributed by atoms with van der Waals surface area (Å²) >= 11 is 12.1. The molecule has 1 heterocycles.